The molecule has 0 spiro atoms. The van der Waals surface area contributed by atoms with Crippen LogP contribution < -0.4 is 0 Å². The lowest BCUT2D eigenvalue weighted by Crippen LogP contribution is -1.94. The quantitative estimate of drug-likeness (QED) is 0.181. The monoisotopic (exact) mass is 612 g/mol. The van der Waals surface area contributed by atoms with Gasteiger partial charge >= 0.3 is 0 Å². The van der Waals surface area contributed by atoms with Crippen LogP contribution in [0, 0.1) is 0 Å². The second kappa shape index (κ2) is 11.7. The molecule has 0 fully saturated rings. The first-order chi connectivity index (χ1) is 23.8. The van der Waals surface area contributed by atoms with Gasteiger partial charge in [0.25, 0.3) is 0 Å². The molecule has 0 aliphatic rings. The summed E-state index contributed by atoms with van der Waals surface area (Å²) < 4.78 is 0. The first-order valence-corrected chi connectivity index (χ1v) is 16.0. The first-order valence-electron chi connectivity index (χ1n) is 16.0. The number of hydrogen-bond donors (Lipinski definition) is 0. The Balaban J connectivity index is 1.25. The van der Waals surface area contributed by atoms with Crippen molar-refractivity contribution >= 4 is 32.6 Å². The summed E-state index contributed by atoms with van der Waals surface area (Å²) in [5.74, 6) is 0. The number of aromatic nitrogens is 4. The van der Waals surface area contributed by atoms with Crippen LogP contribution in [0.25, 0.3) is 88.6 Å². The highest BCUT2D eigenvalue weighted by atomic mass is 14.8. The zero-order chi connectivity index (χ0) is 31.9. The summed E-state index contributed by atoms with van der Waals surface area (Å²) >= 11 is 0. The van der Waals surface area contributed by atoms with E-state index < -0.39 is 0 Å². The summed E-state index contributed by atoms with van der Waals surface area (Å²) in [7, 11) is 0. The zero-order valence-corrected chi connectivity index (χ0v) is 26.0. The van der Waals surface area contributed by atoms with Crippen LogP contribution in [0.2, 0.25) is 0 Å². The highest BCUT2D eigenvalue weighted by Gasteiger charge is 2.16. The van der Waals surface area contributed by atoms with E-state index in [0.717, 1.165) is 77.8 Å². The summed E-state index contributed by atoms with van der Waals surface area (Å²) in [6.45, 7) is 0. The van der Waals surface area contributed by atoms with Gasteiger partial charge in [0, 0.05) is 46.1 Å². The van der Waals surface area contributed by atoms with Gasteiger partial charge in [0.1, 0.15) is 0 Å². The average molecular weight is 613 g/mol. The maximum Gasteiger partial charge on any atom is 0.0978 e. The van der Waals surface area contributed by atoms with Gasteiger partial charge in [-0.2, -0.15) is 0 Å². The third kappa shape index (κ3) is 4.88. The second-order valence-corrected chi connectivity index (χ2v) is 11.9. The van der Waals surface area contributed by atoms with E-state index >= 15 is 0 Å². The van der Waals surface area contributed by atoms with E-state index in [4.69, 9.17) is 9.97 Å². The molecule has 5 aromatic carbocycles. The standard InChI is InChI=1S/C44H28N4/c1-2-10-34-29(8-1)9-7-11-36(34)42-28-39(31-16-20-33(21-17-31)41-13-4-6-26-46-41)38-23-22-37-35(24-27-47-43(37)44(38)48-42)30-14-18-32(19-15-30)40-12-3-5-25-45-40/h1-28H. The molecule has 4 aromatic heterocycles. The van der Waals surface area contributed by atoms with Crippen LogP contribution in [-0.4, -0.2) is 19.9 Å². The Labute approximate surface area is 278 Å². The molecule has 0 aliphatic heterocycles. The molecule has 0 saturated carbocycles. The van der Waals surface area contributed by atoms with Crippen molar-refractivity contribution in [1.82, 2.24) is 19.9 Å². The van der Waals surface area contributed by atoms with E-state index in [9.17, 15) is 0 Å². The Hall–Kier alpha value is -6.52. The minimum absolute atomic E-state index is 0.882. The molecule has 0 aliphatic carbocycles. The van der Waals surface area contributed by atoms with Crippen LogP contribution in [0.3, 0.4) is 0 Å². The molecule has 0 bridgehead atoms. The summed E-state index contributed by atoms with van der Waals surface area (Å²) in [5.41, 5.74) is 12.3. The lowest BCUT2D eigenvalue weighted by Gasteiger charge is -2.15. The summed E-state index contributed by atoms with van der Waals surface area (Å²) in [4.78, 5) is 19.4. The van der Waals surface area contributed by atoms with Crippen molar-refractivity contribution in [3.8, 4) is 56.0 Å². The van der Waals surface area contributed by atoms with Gasteiger partial charge in [0.2, 0.25) is 0 Å². The van der Waals surface area contributed by atoms with Crippen molar-refractivity contribution in [3.05, 3.63) is 170 Å². The zero-order valence-electron chi connectivity index (χ0n) is 26.0. The molecule has 4 heterocycles. The van der Waals surface area contributed by atoms with Crippen molar-refractivity contribution in [2.24, 2.45) is 0 Å². The van der Waals surface area contributed by atoms with Crippen molar-refractivity contribution in [2.45, 2.75) is 0 Å². The lowest BCUT2D eigenvalue weighted by molar-refractivity contribution is 1.33. The van der Waals surface area contributed by atoms with Crippen molar-refractivity contribution in [3.63, 3.8) is 0 Å². The van der Waals surface area contributed by atoms with Gasteiger partial charge < -0.3 is 0 Å². The number of pyridine rings is 4. The van der Waals surface area contributed by atoms with Gasteiger partial charge in [-0.1, -0.05) is 115 Å². The number of hydrogen-bond acceptors (Lipinski definition) is 4. The fourth-order valence-corrected chi connectivity index (χ4v) is 6.69. The summed E-state index contributed by atoms with van der Waals surface area (Å²) in [6, 6.07) is 52.9. The van der Waals surface area contributed by atoms with Gasteiger partial charge in [-0.15, -0.1) is 0 Å². The maximum absolute atomic E-state index is 5.38. The maximum atomic E-state index is 5.38. The van der Waals surface area contributed by atoms with Crippen molar-refractivity contribution in [2.75, 3.05) is 0 Å². The van der Waals surface area contributed by atoms with E-state index in [2.05, 4.69) is 125 Å². The average Bonchev–Trinajstić information content (AvgIpc) is 3.18. The number of rotatable bonds is 5. The SMILES string of the molecule is c1ccc(-c2ccc(-c3ccnc4c3ccc3c(-c5ccc(-c6ccccn6)cc5)cc(-c5cccc6ccccc56)nc34)cc2)nc1. The molecule has 0 atom stereocenters. The topological polar surface area (TPSA) is 51.6 Å². The predicted molar refractivity (Wildman–Crippen MR) is 197 cm³/mol. The Kier molecular flexibility index (Phi) is 6.76. The van der Waals surface area contributed by atoms with Crippen LogP contribution in [0.1, 0.15) is 0 Å². The van der Waals surface area contributed by atoms with Gasteiger partial charge in [-0.3, -0.25) is 15.0 Å². The van der Waals surface area contributed by atoms with Crippen molar-refractivity contribution in [1.29, 1.82) is 0 Å². The van der Waals surface area contributed by atoms with E-state index in [1.165, 1.54) is 10.8 Å². The fourth-order valence-electron chi connectivity index (χ4n) is 6.69. The normalized spacial score (nSPS) is 11.3. The highest BCUT2D eigenvalue weighted by Crippen LogP contribution is 2.39. The minimum atomic E-state index is 0.882. The van der Waals surface area contributed by atoms with E-state index in [1.807, 2.05) is 55.0 Å². The summed E-state index contributed by atoms with van der Waals surface area (Å²) in [6.07, 6.45) is 5.56. The van der Waals surface area contributed by atoms with E-state index in [0.29, 0.717) is 0 Å². The molecule has 4 nitrogen and oxygen atoms in total. The molecule has 0 amide bonds. The number of nitrogens with zero attached hydrogens (tertiary/aromatic N) is 4. The lowest BCUT2D eigenvalue weighted by atomic mass is 9.93. The predicted octanol–water partition coefficient (Wildman–Crippen LogP) is 11.1. The van der Waals surface area contributed by atoms with Gasteiger partial charge in [0.05, 0.1) is 28.1 Å². The van der Waals surface area contributed by atoms with E-state index in [-0.39, 0.29) is 0 Å². The van der Waals surface area contributed by atoms with E-state index in [1.54, 1.807) is 0 Å². The van der Waals surface area contributed by atoms with Gasteiger partial charge in [-0.05, 0) is 69.4 Å². The number of benzene rings is 5. The highest BCUT2D eigenvalue weighted by molar-refractivity contribution is 6.13. The smallest absolute Gasteiger partial charge is 0.0978 e. The van der Waals surface area contributed by atoms with Crippen LogP contribution in [0.5, 0.6) is 0 Å². The first kappa shape index (κ1) is 27.8. The molecule has 9 rings (SSSR count). The molecule has 0 radical (unpaired) electrons. The van der Waals surface area contributed by atoms with Crippen molar-refractivity contribution < 1.29 is 0 Å². The van der Waals surface area contributed by atoms with Crippen LogP contribution >= 0.6 is 0 Å². The summed E-state index contributed by atoms with van der Waals surface area (Å²) in [5, 5.41) is 4.48. The fraction of sp³-hybridized carbons (Fsp3) is 0. The Morgan fingerprint density at radius 2 is 0.896 bits per heavy atom. The minimum Gasteiger partial charge on any atom is -0.256 e. The molecule has 0 saturated heterocycles. The van der Waals surface area contributed by atoms with Crippen LogP contribution in [0.15, 0.2) is 170 Å². The molecule has 0 unspecified atom stereocenters. The van der Waals surface area contributed by atoms with Crippen LogP contribution in [0.4, 0.5) is 0 Å². The Morgan fingerprint density at radius 3 is 1.56 bits per heavy atom. The molecule has 48 heavy (non-hydrogen) atoms. The third-order valence-electron chi connectivity index (χ3n) is 9.07. The van der Waals surface area contributed by atoms with Gasteiger partial charge in [-0.25, -0.2) is 4.98 Å². The third-order valence-corrected chi connectivity index (χ3v) is 9.07. The Morgan fingerprint density at radius 1 is 0.312 bits per heavy atom. The molecule has 4 heteroatoms. The Bertz CT molecular complexity index is 2570. The second-order valence-electron chi connectivity index (χ2n) is 11.9. The molecule has 9 aromatic rings. The molecular weight excluding hydrogens is 585 g/mol. The van der Waals surface area contributed by atoms with Gasteiger partial charge in [0.15, 0.2) is 0 Å². The molecular formula is C44H28N4. The molecule has 0 N–H and O–H groups in total. The largest absolute Gasteiger partial charge is 0.256 e. The van der Waals surface area contributed by atoms with Crippen LogP contribution in [-0.2, 0) is 0 Å². The number of fused-ring (bicyclic) bond motifs is 4. The molecule has 224 valence electrons.